The zero-order valence-corrected chi connectivity index (χ0v) is 15.1. The molecular weight excluding hydrogens is 390 g/mol. The molecule has 1 aliphatic rings. The van der Waals surface area contributed by atoms with Crippen molar-refractivity contribution >= 4 is 38.1 Å². The minimum atomic E-state index is -2.45. The van der Waals surface area contributed by atoms with Gasteiger partial charge in [-0.2, -0.15) is 0 Å². The minimum absolute atomic E-state index is 0.131. The van der Waals surface area contributed by atoms with Gasteiger partial charge in [-0.3, -0.25) is 0 Å². The summed E-state index contributed by atoms with van der Waals surface area (Å²) in [5.74, 6) is -2.35. The number of ether oxygens (including phenoxy) is 3. The molecule has 0 saturated carbocycles. The Labute approximate surface area is 129 Å². The van der Waals surface area contributed by atoms with E-state index in [-0.39, 0.29) is 17.9 Å². The summed E-state index contributed by atoms with van der Waals surface area (Å²) >= 11 is -2.45. The summed E-state index contributed by atoms with van der Waals surface area (Å²) in [5.41, 5.74) is -0.473. The molecule has 0 aromatic rings. The van der Waals surface area contributed by atoms with Crippen molar-refractivity contribution in [2.75, 3.05) is 20.8 Å². The maximum absolute atomic E-state index is 12.4. The van der Waals surface area contributed by atoms with Crippen molar-refractivity contribution in [1.29, 1.82) is 0 Å². The topological polar surface area (TPSA) is 104 Å². The molecule has 0 saturated heterocycles. The Morgan fingerprint density at radius 1 is 1.14 bits per heavy atom. The van der Waals surface area contributed by atoms with Gasteiger partial charge in [-0.15, -0.1) is 0 Å². The van der Waals surface area contributed by atoms with Crippen LogP contribution in [0.4, 0.5) is 0 Å². The number of esters is 3. The maximum atomic E-state index is 12.4. The van der Waals surface area contributed by atoms with E-state index in [2.05, 4.69) is 19.7 Å². The Balaban J connectivity index is 3.54. The second-order valence-corrected chi connectivity index (χ2v) is 11.1. The van der Waals surface area contributed by atoms with Crippen molar-refractivity contribution in [3.05, 3.63) is 11.3 Å². The van der Waals surface area contributed by atoms with E-state index in [0.717, 1.165) is 14.2 Å². The molecule has 1 rings (SSSR count). The zero-order chi connectivity index (χ0) is 16.2. The Morgan fingerprint density at radius 3 is 2.14 bits per heavy atom. The molecule has 8 nitrogen and oxygen atoms in total. The van der Waals surface area contributed by atoms with Crippen molar-refractivity contribution in [2.45, 2.75) is 20.1 Å². The summed E-state index contributed by atoms with van der Waals surface area (Å²) < 4.78 is 12.8. The van der Waals surface area contributed by atoms with Gasteiger partial charge in [-0.1, -0.05) is 0 Å². The summed E-state index contributed by atoms with van der Waals surface area (Å²) in [4.78, 5) is 39.9. The van der Waals surface area contributed by atoms with E-state index in [1.807, 2.05) is 9.74 Å². The number of carbonyl (C=O) groups excluding carboxylic acids is 3. The van der Waals surface area contributed by atoms with Crippen LogP contribution in [0.5, 0.6) is 0 Å². The van der Waals surface area contributed by atoms with Crippen LogP contribution in [0.3, 0.4) is 0 Å². The molecule has 0 aromatic heterocycles. The quantitative estimate of drug-likeness (QED) is 0.377. The van der Waals surface area contributed by atoms with Gasteiger partial charge >= 0.3 is 129 Å². The van der Waals surface area contributed by atoms with Gasteiger partial charge < -0.3 is 0 Å². The van der Waals surface area contributed by atoms with Gasteiger partial charge in [-0.05, 0) is 0 Å². The molecule has 0 amide bonds. The van der Waals surface area contributed by atoms with Gasteiger partial charge in [0, 0.05) is 0 Å². The molecule has 21 heavy (non-hydrogen) atoms. The number of methoxy groups -OCH3 is 2. The van der Waals surface area contributed by atoms with Crippen LogP contribution in [0.1, 0.15) is 6.92 Å². The number of rotatable bonds is 5. The predicted molar refractivity (Wildman–Crippen MR) is 72.8 cm³/mol. The monoisotopic (exact) mass is 406 g/mol. The van der Waals surface area contributed by atoms with E-state index < -0.39 is 41.6 Å². The fourth-order valence-electron chi connectivity index (χ4n) is 1.84. The molecular formula is C12H17N2O6Sb. The molecule has 0 N–H and O–H groups in total. The molecule has 0 aliphatic carbocycles. The van der Waals surface area contributed by atoms with Crippen molar-refractivity contribution in [3.63, 3.8) is 0 Å². The van der Waals surface area contributed by atoms with Crippen LogP contribution in [0.2, 0.25) is 9.74 Å². The second kappa shape index (κ2) is 7.02. The number of nitrogens with zero attached hydrogens (tertiary/aromatic N) is 2. The molecule has 0 fully saturated rings. The van der Waals surface area contributed by atoms with Crippen LogP contribution in [0, 0.1) is 0 Å². The summed E-state index contributed by atoms with van der Waals surface area (Å²) in [6.07, 6.45) is 0. The summed E-state index contributed by atoms with van der Waals surface area (Å²) in [7, 11) is 2.31. The van der Waals surface area contributed by atoms with Crippen molar-refractivity contribution in [3.8, 4) is 0 Å². The Kier molecular flexibility index (Phi) is 5.89. The average molecular weight is 407 g/mol. The van der Waals surface area contributed by atoms with E-state index in [0.29, 0.717) is 0 Å². The van der Waals surface area contributed by atoms with E-state index in [1.165, 1.54) is 0 Å². The molecule has 1 aliphatic heterocycles. The van der Waals surface area contributed by atoms with Gasteiger partial charge in [0.1, 0.15) is 0 Å². The van der Waals surface area contributed by atoms with Gasteiger partial charge in [0.2, 0.25) is 0 Å². The molecule has 1 heterocycles. The predicted octanol–water partition coefficient (Wildman–Crippen LogP) is 0.648. The van der Waals surface area contributed by atoms with Crippen LogP contribution >= 0.6 is 0 Å². The number of hydrogen-bond donors (Lipinski definition) is 0. The van der Waals surface area contributed by atoms with Crippen LogP contribution in [-0.2, 0) is 28.6 Å². The normalized spacial score (nSPS) is 20.7. The van der Waals surface area contributed by atoms with Crippen molar-refractivity contribution in [2.24, 2.45) is 10.2 Å². The van der Waals surface area contributed by atoms with E-state index in [1.54, 1.807) is 6.92 Å². The number of azo groups is 1. The van der Waals surface area contributed by atoms with E-state index >= 15 is 0 Å². The van der Waals surface area contributed by atoms with Gasteiger partial charge in [0.25, 0.3) is 0 Å². The first kappa shape index (κ1) is 17.6. The molecule has 0 spiro atoms. The molecule has 9 heteroatoms. The van der Waals surface area contributed by atoms with Crippen LogP contribution < -0.4 is 0 Å². The Hall–Kier alpha value is -1.43. The number of carbonyl (C=O) groups is 3. The molecule has 0 bridgehead atoms. The third-order valence-electron chi connectivity index (χ3n) is 2.86. The van der Waals surface area contributed by atoms with Crippen molar-refractivity contribution in [1.82, 2.24) is 0 Å². The first-order chi connectivity index (χ1) is 9.86. The van der Waals surface area contributed by atoms with E-state index in [4.69, 9.17) is 4.74 Å². The Morgan fingerprint density at radius 2 is 1.71 bits per heavy atom. The first-order valence-electron chi connectivity index (χ1n) is 6.05. The summed E-state index contributed by atoms with van der Waals surface area (Å²) in [5, 5.41) is 7.65. The summed E-state index contributed by atoms with van der Waals surface area (Å²) in [6.45, 7) is 1.78. The fourth-order valence-corrected chi connectivity index (χ4v) is 5.54. The molecule has 1 atom stereocenters. The standard InChI is InChI=1S/C10H11N2O6.2CH3.Sb/c1-4-18-10(15)7-5(8(13)16-2)6(11-12-7)9(14)17-3;;;/h4H2,1-3H3;2*1H3;. The SMILES string of the molecule is CCOC(=O)[C]1([Sb]([CH3])[CH3])N=NC(C(=O)OC)=C1C(=O)OC. The Bertz CT molecular complexity index is 528. The molecule has 1 unspecified atom stereocenters. The van der Waals surface area contributed by atoms with Gasteiger partial charge in [0.15, 0.2) is 0 Å². The second-order valence-electron chi connectivity index (χ2n) is 4.19. The van der Waals surface area contributed by atoms with Crippen LogP contribution in [0.15, 0.2) is 21.5 Å². The zero-order valence-electron chi connectivity index (χ0n) is 12.5. The molecule has 116 valence electrons. The van der Waals surface area contributed by atoms with Gasteiger partial charge in [0.05, 0.1) is 0 Å². The molecule has 0 radical (unpaired) electrons. The number of hydrogen-bond acceptors (Lipinski definition) is 8. The van der Waals surface area contributed by atoms with Gasteiger partial charge in [-0.25, -0.2) is 0 Å². The van der Waals surface area contributed by atoms with Crippen LogP contribution in [-0.4, -0.2) is 62.4 Å². The van der Waals surface area contributed by atoms with Crippen LogP contribution in [0.25, 0.3) is 0 Å². The molecule has 0 aromatic carbocycles. The average Bonchev–Trinajstić information content (AvgIpc) is 2.87. The third-order valence-corrected chi connectivity index (χ3v) is 7.96. The van der Waals surface area contributed by atoms with E-state index in [9.17, 15) is 14.4 Å². The fraction of sp³-hybridized carbons (Fsp3) is 0.583. The third kappa shape index (κ3) is 2.95. The first-order valence-corrected chi connectivity index (χ1v) is 12.4. The van der Waals surface area contributed by atoms with Crippen molar-refractivity contribution < 1.29 is 28.6 Å². The summed E-state index contributed by atoms with van der Waals surface area (Å²) in [6, 6.07) is 0.